The number of hydrogen-bond donors (Lipinski definition) is 3. The van der Waals surface area contributed by atoms with Gasteiger partial charge in [-0.3, -0.25) is 9.59 Å². The quantitative estimate of drug-likeness (QED) is 0.652. The van der Waals surface area contributed by atoms with Gasteiger partial charge in [0.25, 0.3) is 0 Å². The molecule has 0 aliphatic carbocycles. The number of esters is 1. The van der Waals surface area contributed by atoms with Crippen molar-refractivity contribution in [2.45, 2.75) is 20.3 Å². The largest absolute Gasteiger partial charge is 0.465 e. The fourth-order valence-electron chi connectivity index (χ4n) is 2.36. The molecule has 0 saturated heterocycles. The van der Waals surface area contributed by atoms with Crippen LogP contribution in [0, 0.1) is 6.92 Å². The van der Waals surface area contributed by atoms with E-state index in [1.807, 2.05) is 6.92 Å². The van der Waals surface area contributed by atoms with Crippen LogP contribution in [0.15, 0.2) is 42.5 Å². The smallest absolute Gasteiger partial charge is 0.337 e. The first kappa shape index (κ1) is 20.0. The normalized spacial score (nSPS) is 10.0. The Balaban J connectivity index is 1.95. The Morgan fingerprint density at radius 3 is 2.07 bits per heavy atom. The fraction of sp³-hybridized carbons (Fsp3) is 0.250. The van der Waals surface area contributed by atoms with Crippen LogP contribution in [0.2, 0.25) is 0 Å². The number of methoxy groups -OCH3 is 1. The molecule has 7 nitrogen and oxygen atoms in total. The second-order valence-electron chi connectivity index (χ2n) is 5.85. The fourth-order valence-corrected chi connectivity index (χ4v) is 2.36. The Morgan fingerprint density at radius 1 is 0.926 bits per heavy atom. The maximum absolute atomic E-state index is 12.2. The minimum Gasteiger partial charge on any atom is -0.465 e. The van der Waals surface area contributed by atoms with Crippen LogP contribution in [0.4, 0.5) is 17.1 Å². The molecular weight excluding hydrogens is 346 g/mol. The van der Waals surface area contributed by atoms with Crippen molar-refractivity contribution in [3.8, 4) is 0 Å². The topological polar surface area (TPSA) is 96.5 Å². The molecule has 0 aliphatic heterocycles. The summed E-state index contributed by atoms with van der Waals surface area (Å²) in [5, 5.41) is 8.62. The summed E-state index contributed by atoms with van der Waals surface area (Å²) in [7, 11) is 1.32. The number of benzene rings is 2. The first-order valence-electron chi connectivity index (χ1n) is 8.56. The van der Waals surface area contributed by atoms with Crippen molar-refractivity contribution in [2.24, 2.45) is 0 Å². The summed E-state index contributed by atoms with van der Waals surface area (Å²) in [4.78, 5) is 35.2. The van der Waals surface area contributed by atoms with Gasteiger partial charge < -0.3 is 20.7 Å². The highest BCUT2D eigenvalue weighted by Crippen LogP contribution is 2.23. The van der Waals surface area contributed by atoms with Gasteiger partial charge in [0.1, 0.15) is 0 Å². The number of hydrogen-bond acceptors (Lipinski definition) is 5. The maximum Gasteiger partial charge on any atom is 0.337 e. The third-order valence-electron chi connectivity index (χ3n) is 3.96. The summed E-state index contributed by atoms with van der Waals surface area (Å²) >= 11 is 0. The van der Waals surface area contributed by atoms with Gasteiger partial charge in [0.05, 0.1) is 19.2 Å². The van der Waals surface area contributed by atoms with E-state index in [-0.39, 0.29) is 18.4 Å². The standard InChI is InChI=1S/C20H23N3O4/c1-4-18(24)22-16-6-5-7-17(13(16)2)23-19(25)12-21-15-10-8-14(9-11-15)20(26)27-3/h5-11,21H,4,12H2,1-3H3,(H,22,24)(H,23,25). The zero-order chi connectivity index (χ0) is 19.8. The van der Waals surface area contributed by atoms with Crippen LogP contribution in [0.25, 0.3) is 0 Å². The van der Waals surface area contributed by atoms with Crippen LogP contribution in [0.3, 0.4) is 0 Å². The van der Waals surface area contributed by atoms with Crippen molar-refractivity contribution in [1.82, 2.24) is 0 Å². The van der Waals surface area contributed by atoms with E-state index in [4.69, 9.17) is 0 Å². The van der Waals surface area contributed by atoms with Crippen molar-refractivity contribution >= 4 is 34.8 Å². The van der Waals surface area contributed by atoms with Crippen LogP contribution < -0.4 is 16.0 Å². The predicted octanol–water partition coefficient (Wildman–Crippen LogP) is 3.18. The lowest BCUT2D eigenvalue weighted by molar-refractivity contribution is -0.116. The minimum atomic E-state index is -0.412. The molecule has 0 aromatic heterocycles. The third kappa shape index (κ3) is 5.57. The number of rotatable bonds is 7. The molecule has 0 unspecified atom stereocenters. The van der Waals surface area contributed by atoms with Crippen LogP contribution in [-0.4, -0.2) is 31.4 Å². The predicted molar refractivity (Wildman–Crippen MR) is 105 cm³/mol. The molecule has 27 heavy (non-hydrogen) atoms. The summed E-state index contributed by atoms with van der Waals surface area (Å²) in [5.74, 6) is -0.724. The molecule has 2 aromatic carbocycles. The Morgan fingerprint density at radius 2 is 1.52 bits per heavy atom. The van der Waals surface area contributed by atoms with E-state index in [9.17, 15) is 14.4 Å². The zero-order valence-corrected chi connectivity index (χ0v) is 15.6. The lowest BCUT2D eigenvalue weighted by atomic mass is 10.1. The number of ether oxygens (including phenoxy) is 1. The minimum absolute atomic E-state index is 0.0581. The van der Waals surface area contributed by atoms with Gasteiger partial charge in [-0.05, 0) is 48.9 Å². The SMILES string of the molecule is CCC(=O)Nc1cccc(NC(=O)CNc2ccc(C(=O)OC)cc2)c1C. The molecule has 2 rings (SSSR count). The van der Waals surface area contributed by atoms with E-state index in [0.717, 1.165) is 5.56 Å². The third-order valence-corrected chi connectivity index (χ3v) is 3.96. The maximum atomic E-state index is 12.2. The highest BCUT2D eigenvalue weighted by molar-refractivity contribution is 5.97. The van der Waals surface area contributed by atoms with Crippen LogP contribution >= 0.6 is 0 Å². The first-order chi connectivity index (χ1) is 12.9. The van der Waals surface area contributed by atoms with E-state index in [1.165, 1.54) is 7.11 Å². The molecule has 0 atom stereocenters. The summed E-state index contributed by atoms with van der Waals surface area (Å²) < 4.78 is 4.64. The highest BCUT2D eigenvalue weighted by atomic mass is 16.5. The molecule has 7 heteroatoms. The number of amides is 2. The van der Waals surface area contributed by atoms with E-state index in [1.54, 1.807) is 49.4 Å². The number of anilines is 3. The summed E-state index contributed by atoms with van der Waals surface area (Å²) in [6.07, 6.45) is 0.384. The average Bonchev–Trinajstić information content (AvgIpc) is 2.69. The summed E-state index contributed by atoms with van der Waals surface area (Å²) in [5.41, 5.74) is 3.24. The van der Waals surface area contributed by atoms with Gasteiger partial charge in [-0.1, -0.05) is 13.0 Å². The molecular formula is C20H23N3O4. The van der Waals surface area contributed by atoms with Crippen LogP contribution in [0.1, 0.15) is 29.3 Å². The van der Waals surface area contributed by atoms with Gasteiger partial charge in [0.15, 0.2) is 0 Å². The van der Waals surface area contributed by atoms with Gasteiger partial charge >= 0.3 is 5.97 Å². The average molecular weight is 369 g/mol. The van der Waals surface area contributed by atoms with Crippen LogP contribution in [-0.2, 0) is 14.3 Å². The molecule has 0 heterocycles. The van der Waals surface area contributed by atoms with E-state index in [0.29, 0.717) is 29.0 Å². The molecule has 0 radical (unpaired) electrons. The van der Waals surface area contributed by atoms with Crippen molar-refractivity contribution in [3.05, 3.63) is 53.6 Å². The van der Waals surface area contributed by atoms with E-state index < -0.39 is 5.97 Å². The molecule has 2 amide bonds. The van der Waals surface area contributed by atoms with Crippen molar-refractivity contribution in [3.63, 3.8) is 0 Å². The molecule has 0 saturated carbocycles. The zero-order valence-electron chi connectivity index (χ0n) is 15.6. The van der Waals surface area contributed by atoms with E-state index >= 15 is 0 Å². The molecule has 3 N–H and O–H groups in total. The summed E-state index contributed by atoms with van der Waals surface area (Å²) in [6, 6.07) is 12.0. The molecule has 0 spiro atoms. The van der Waals surface area contributed by atoms with Gasteiger partial charge in [0, 0.05) is 23.5 Å². The van der Waals surface area contributed by atoms with E-state index in [2.05, 4.69) is 20.7 Å². The Bertz CT molecular complexity index is 832. The highest BCUT2D eigenvalue weighted by Gasteiger charge is 2.10. The van der Waals surface area contributed by atoms with Crippen molar-refractivity contribution in [2.75, 3.05) is 29.6 Å². The van der Waals surface area contributed by atoms with Gasteiger partial charge in [0.2, 0.25) is 11.8 Å². The van der Waals surface area contributed by atoms with Crippen molar-refractivity contribution in [1.29, 1.82) is 0 Å². The monoisotopic (exact) mass is 369 g/mol. The molecule has 2 aromatic rings. The number of carbonyl (C=O) groups is 3. The van der Waals surface area contributed by atoms with Crippen LogP contribution in [0.5, 0.6) is 0 Å². The van der Waals surface area contributed by atoms with Gasteiger partial charge in [-0.25, -0.2) is 4.79 Å². The molecule has 0 bridgehead atoms. The summed E-state index contributed by atoms with van der Waals surface area (Å²) in [6.45, 7) is 3.67. The Kier molecular flexibility index (Phi) is 6.93. The number of nitrogens with one attached hydrogen (secondary N) is 3. The Hall–Kier alpha value is -3.35. The van der Waals surface area contributed by atoms with Crippen molar-refractivity contribution < 1.29 is 19.1 Å². The molecule has 0 aliphatic rings. The second-order valence-corrected chi connectivity index (χ2v) is 5.85. The molecule has 0 fully saturated rings. The lowest BCUT2D eigenvalue weighted by Gasteiger charge is -2.14. The Labute approximate surface area is 158 Å². The molecule has 142 valence electrons. The van der Waals surface area contributed by atoms with Gasteiger partial charge in [-0.2, -0.15) is 0 Å². The number of carbonyl (C=O) groups excluding carboxylic acids is 3. The second kappa shape index (κ2) is 9.38. The first-order valence-corrected chi connectivity index (χ1v) is 8.56. The van der Waals surface area contributed by atoms with Gasteiger partial charge in [-0.15, -0.1) is 0 Å². The lowest BCUT2D eigenvalue weighted by Crippen LogP contribution is -2.22.